The Morgan fingerprint density at radius 2 is 1.80 bits per heavy atom. The van der Waals surface area contributed by atoms with Crippen LogP contribution in [0.4, 0.5) is 0 Å². The first-order valence-corrected chi connectivity index (χ1v) is 15.5. The number of hydrogen-bond acceptors (Lipinski definition) is 7. The molecular formula is C32H44ClNO7. The predicted octanol–water partition coefficient (Wildman–Crippen LogP) is 3.66. The maximum atomic E-state index is 13.8. The summed E-state index contributed by atoms with van der Waals surface area (Å²) >= 11 is 7.46. The molecule has 3 N–H and O–H groups in total. The van der Waals surface area contributed by atoms with E-state index in [9.17, 15) is 29.4 Å². The molecule has 0 saturated heterocycles. The zero-order valence-corrected chi connectivity index (χ0v) is 25.3. The minimum absolute atomic E-state index is 0.0659. The molecule has 8 atom stereocenters. The number of ketones is 2. The first-order chi connectivity index (χ1) is 19.2. The number of aliphatic hydroxyl groups is 2. The molecule has 5 aliphatic rings. The second kappa shape index (κ2) is 10.6. The number of halogens is 1. The summed E-state index contributed by atoms with van der Waals surface area (Å²) in [5.74, 6) is -1.79. The van der Waals surface area contributed by atoms with Gasteiger partial charge in [-0.2, -0.15) is 0 Å². The average Bonchev–Trinajstić information content (AvgIpc) is 3.13. The number of fused-ring (bicyclic) bond motifs is 5. The van der Waals surface area contributed by atoms with Crippen molar-refractivity contribution in [2.45, 2.75) is 95.6 Å². The highest BCUT2D eigenvalue weighted by molar-refractivity contribution is 6.26. The van der Waals surface area contributed by atoms with Crippen LogP contribution >= 0.6 is 11.6 Å². The van der Waals surface area contributed by atoms with Gasteiger partial charge in [0.25, 0.3) is 0 Å². The molecule has 0 aromatic heterocycles. The molecule has 226 valence electrons. The summed E-state index contributed by atoms with van der Waals surface area (Å²) in [5, 5.41) is 26.7. The summed E-state index contributed by atoms with van der Waals surface area (Å²) in [4.78, 5) is 48.9. The van der Waals surface area contributed by atoms with Gasteiger partial charge in [0, 0.05) is 24.3 Å². The normalized spacial score (nSPS) is 45.1. The largest absolute Gasteiger partial charge is 0.457 e. The molecule has 0 radical (unpaired) electrons. The number of rotatable bonds is 6. The fourth-order valence-electron chi connectivity index (χ4n) is 9.40. The van der Waals surface area contributed by atoms with Crippen LogP contribution in [0.15, 0.2) is 23.8 Å². The minimum atomic E-state index is -1.78. The Morgan fingerprint density at radius 1 is 1.12 bits per heavy atom. The Balaban J connectivity index is 1.29. The van der Waals surface area contributed by atoms with Crippen LogP contribution in [0.25, 0.3) is 0 Å². The summed E-state index contributed by atoms with van der Waals surface area (Å²) in [6.07, 6.45) is 8.85. The third-order valence-electron chi connectivity index (χ3n) is 11.8. The Morgan fingerprint density at radius 3 is 2.46 bits per heavy atom. The van der Waals surface area contributed by atoms with Crippen molar-refractivity contribution >= 4 is 35.0 Å². The number of alkyl halides is 1. The van der Waals surface area contributed by atoms with Crippen molar-refractivity contribution in [1.82, 2.24) is 5.32 Å². The van der Waals surface area contributed by atoms with E-state index in [1.807, 2.05) is 26.8 Å². The molecule has 5 rings (SSSR count). The lowest BCUT2D eigenvalue weighted by molar-refractivity contribution is -0.183. The second-order valence-electron chi connectivity index (χ2n) is 13.9. The number of Topliss-reactive ketones (excluding diaryl/α,β-unsaturated/α-hetero) is 1. The van der Waals surface area contributed by atoms with Crippen LogP contribution in [-0.4, -0.2) is 63.4 Å². The standard InChI is InChI=1S/C32H44ClNO7/c1-18-13-25-24-10-9-22-14-23(36)11-12-29(22,3)31(24,33)26(37)15-30(25,4)32(18,40)27(38)17-41-28(39)21-7-5-20(6-8-21)16-34-19(2)35/h11-12,14,18,20-21,24-26,37,40H,5-10,13,15-17H2,1-4H3,(H,34,35)/t18-,20-,21-,24-,25-,26-,29-,30-,31-,32-/m0/s1. The van der Waals surface area contributed by atoms with Crippen molar-refractivity contribution in [3.63, 3.8) is 0 Å². The molecule has 0 aliphatic heterocycles. The van der Waals surface area contributed by atoms with Gasteiger partial charge in [0.2, 0.25) is 11.7 Å². The number of carbonyl (C=O) groups excluding carboxylic acids is 4. The summed E-state index contributed by atoms with van der Waals surface area (Å²) in [7, 11) is 0. The molecule has 41 heavy (non-hydrogen) atoms. The van der Waals surface area contributed by atoms with Gasteiger partial charge in [-0.05, 0) is 87.2 Å². The number of esters is 1. The van der Waals surface area contributed by atoms with Crippen LogP contribution in [0, 0.1) is 40.4 Å². The Kier molecular flexibility index (Phi) is 7.87. The van der Waals surface area contributed by atoms with Crippen LogP contribution in [0.2, 0.25) is 0 Å². The average molecular weight is 590 g/mol. The molecular weight excluding hydrogens is 546 g/mol. The van der Waals surface area contributed by atoms with Gasteiger partial charge >= 0.3 is 5.97 Å². The highest BCUT2D eigenvalue weighted by Gasteiger charge is 2.74. The van der Waals surface area contributed by atoms with Gasteiger partial charge in [0.15, 0.2) is 12.4 Å². The maximum absolute atomic E-state index is 13.8. The van der Waals surface area contributed by atoms with Gasteiger partial charge in [-0.25, -0.2) is 0 Å². The van der Waals surface area contributed by atoms with E-state index in [2.05, 4.69) is 5.32 Å². The SMILES string of the molecule is CC(=O)NC[C@H]1CC[C@H](C(=O)OCC(=O)[C@@]2(O)[C@@H](C)C[C@H]3[C@@H]4CCC5=CC(=O)C=C[C@]5(C)[C@@]4(Cl)[C@@H](O)C[C@@]32C)CC1. The molecule has 8 nitrogen and oxygen atoms in total. The molecule has 0 heterocycles. The zero-order chi connectivity index (χ0) is 30.0. The molecule has 5 aliphatic carbocycles. The second-order valence-corrected chi connectivity index (χ2v) is 14.5. The van der Waals surface area contributed by atoms with Crippen LogP contribution in [0.3, 0.4) is 0 Å². The van der Waals surface area contributed by atoms with Crippen molar-refractivity contribution in [3.8, 4) is 0 Å². The number of aliphatic hydroxyl groups excluding tert-OH is 1. The van der Waals surface area contributed by atoms with Crippen molar-refractivity contribution in [2.24, 2.45) is 40.4 Å². The van der Waals surface area contributed by atoms with Crippen LogP contribution in [0.5, 0.6) is 0 Å². The van der Waals surface area contributed by atoms with Crippen molar-refractivity contribution in [3.05, 3.63) is 23.8 Å². The first kappa shape index (κ1) is 30.4. The molecule has 0 aromatic rings. The van der Waals surface area contributed by atoms with E-state index in [0.717, 1.165) is 18.4 Å². The fourth-order valence-corrected chi connectivity index (χ4v) is 9.92. The number of carbonyl (C=O) groups is 4. The van der Waals surface area contributed by atoms with E-state index >= 15 is 0 Å². The first-order valence-electron chi connectivity index (χ1n) is 15.2. The number of nitrogens with one attached hydrogen (secondary N) is 1. The minimum Gasteiger partial charge on any atom is -0.457 e. The summed E-state index contributed by atoms with van der Waals surface area (Å²) < 4.78 is 5.52. The summed E-state index contributed by atoms with van der Waals surface area (Å²) in [6, 6.07) is 0. The molecule has 4 fully saturated rings. The third kappa shape index (κ3) is 4.54. The monoisotopic (exact) mass is 589 g/mol. The van der Waals surface area contributed by atoms with Crippen molar-refractivity contribution in [2.75, 3.05) is 13.2 Å². The van der Waals surface area contributed by atoms with E-state index < -0.39 is 51.7 Å². The lowest BCUT2D eigenvalue weighted by Crippen LogP contribution is -2.69. The molecule has 0 spiro atoms. The quantitative estimate of drug-likeness (QED) is 0.318. The summed E-state index contributed by atoms with van der Waals surface area (Å²) in [6.45, 7) is 7.30. The summed E-state index contributed by atoms with van der Waals surface area (Å²) in [5.41, 5.74) is -2.52. The van der Waals surface area contributed by atoms with E-state index in [1.54, 1.807) is 6.08 Å². The van der Waals surface area contributed by atoms with Gasteiger partial charge in [0.05, 0.1) is 16.9 Å². The number of allylic oxidation sites excluding steroid dienone is 4. The predicted molar refractivity (Wildman–Crippen MR) is 153 cm³/mol. The lowest BCUT2D eigenvalue weighted by atomic mass is 9.45. The van der Waals surface area contributed by atoms with Crippen LogP contribution in [0.1, 0.15) is 79.1 Å². The molecule has 0 unspecified atom stereocenters. The highest BCUT2D eigenvalue weighted by Crippen LogP contribution is 2.71. The lowest BCUT2D eigenvalue weighted by Gasteiger charge is -2.63. The Bertz CT molecular complexity index is 1190. The number of amides is 1. The Labute approximate surface area is 247 Å². The van der Waals surface area contributed by atoms with Crippen LogP contribution in [-0.2, 0) is 23.9 Å². The zero-order valence-electron chi connectivity index (χ0n) is 24.6. The van der Waals surface area contributed by atoms with Gasteiger partial charge in [-0.1, -0.05) is 32.4 Å². The van der Waals surface area contributed by atoms with E-state index in [0.29, 0.717) is 44.6 Å². The van der Waals surface area contributed by atoms with Gasteiger partial charge in [-0.15, -0.1) is 11.6 Å². The maximum Gasteiger partial charge on any atom is 0.309 e. The Hall–Kier alpha value is -2.03. The molecule has 0 aromatic carbocycles. The number of ether oxygens (including phenoxy) is 1. The third-order valence-corrected chi connectivity index (χ3v) is 12.7. The highest BCUT2D eigenvalue weighted by atomic mass is 35.5. The van der Waals surface area contributed by atoms with Gasteiger partial charge in [-0.3, -0.25) is 19.2 Å². The molecule has 4 saturated carbocycles. The van der Waals surface area contributed by atoms with E-state index in [1.165, 1.54) is 13.0 Å². The van der Waals surface area contributed by atoms with E-state index in [4.69, 9.17) is 16.3 Å². The molecule has 0 bridgehead atoms. The fraction of sp³-hybridized carbons (Fsp3) is 0.750. The van der Waals surface area contributed by atoms with E-state index in [-0.39, 0.29) is 35.9 Å². The van der Waals surface area contributed by atoms with Gasteiger partial charge in [0.1, 0.15) is 5.60 Å². The van der Waals surface area contributed by atoms with Crippen LogP contribution < -0.4 is 5.32 Å². The van der Waals surface area contributed by atoms with Crippen molar-refractivity contribution < 1.29 is 34.1 Å². The van der Waals surface area contributed by atoms with Gasteiger partial charge < -0.3 is 20.3 Å². The van der Waals surface area contributed by atoms with Crippen molar-refractivity contribution in [1.29, 1.82) is 0 Å². The molecule has 1 amide bonds. The molecule has 9 heteroatoms. The number of hydrogen-bond donors (Lipinski definition) is 3. The smallest absolute Gasteiger partial charge is 0.309 e. The topological polar surface area (TPSA) is 130 Å².